The highest BCUT2D eigenvalue weighted by Crippen LogP contribution is 2.15. The molecule has 0 bridgehead atoms. The first-order valence-corrected chi connectivity index (χ1v) is 7.89. The molecule has 0 aromatic carbocycles. The fraction of sp³-hybridized carbons (Fsp3) is 0.933. The van der Waals surface area contributed by atoms with Crippen molar-refractivity contribution >= 4 is 6.09 Å². The fourth-order valence-electron chi connectivity index (χ4n) is 2.79. The highest BCUT2D eigenvalue weighted by molar-refractivity contribution is 5.68. The van der Waals surface area contributed by atoms with Crippen molar-refractivity contribution < 1.29 is 14.3 Å². The number of piperazine rings is 1. The number of carbonyl (C=O) groups is 1. The van der Waals surface area contributed by atoms with Crippen molar-refractivity contribution in [1.29, 1.82) is 0 Å². The summed E-state index contributed by atoms with van der Waals surface area (Å²) in [7, 11) is 0. The summed E-state index contributed by atoms with van der Waals surface area (Å²) in [5.74, 6) is 0. The van der Waals surface area contributed by atoms with Crippen LogP contribution in [0.5, 0.6) is 0 Å². The second-order valence-electron chi connectivity index (χ2n) is 6.95. The van der Waals surface area contributed by atoms with Gasteiger partial charge in [0.15, 0.2) is 0 Å². The first kappa shape index (κ1) is 16.5. The third-order valence-electron chi connectivity index (χ3n) is 3.93. The number of nitrogens with zero attached hydrogens (tertiary/aromatic N) is 2. The van der Waals surface area contributed by atoms with E-state index in [0.717, 1.165) is 39.4 Å². The van der Waals surface area contributed by atoms with E-state index in [1.807, 2.05) is 25.7 Å². The summed E-state index contributed by atoms with van der Waals surface area (Å²) in [4.78, 5) is 16.7. The third kappa shape index (κ3) is 4.83. The van der Waals surface area contributed by atoms with E-state index in [2.05, 4.69) is 17.1 Å². The summed E-state index contributed by atoms with van der Waals surface area (Å²) in [6.07, 6.45) is -0.199. The van der Waals surface area contributed by atoms with E-state index in [1.54, 1.807) is 0 Å². The van der Waals surface area contributed by atoms with Gasteiger partial charge in [-0.15, -0.1) is 0 Å². The molecule has 2 aliphatic rings. The lowest BCUT2D eigenvalue weighted by molar-refractivity contribution is -0.0234. The van der Waals surface area contributed by atoms with E-state index in [4.69, 9.17) is 9.47 Å². The molecule has 2 saturated heterocycles. The van der Waals surface area contributed by atoms with Gasteiger partial charge in [0.05, 0.1) is 19.3 Å². The van der Waals surface area contributed by atoms with Crippen molar-refractivity contribution in [2.24, 2.45) is 0 Å². The molecule has 6 nitrogen and oxygen atoms in total. The molecule has 2 aliphatic heterocycles. The maximum absolute atomic E-state index is 12.4. The van der Waals surface area contributed by atoms with Gasteiger partial charge < -0.3 is 19.7 Å². The molecule has 2 fully saturated rings. The Bertz CT molecular complexity index is 357. The van der Waals surface area contributed by atoms with Gasteiger partial charge in [-0.05, 0) is 27.7 Å². The standard InChI is InChI=1S/C15H29N3O3/c1-12-11-20-8-7-17(12)10-13-9-16-5-6-18(13)14(19)21-15(2,3)4/h12-13,16H,5-11H2,1-4H3/t12-,13?/m1/s1. The first-order chi connectivity index (χ1) is 9.87. The summed E-state index contributed by atoms with van der Waals surface area (Å²) in [5, 5.41) is 3.38. The number of hydrogen-bond donors (Lipinski definition) is 1. The predicted octanol–water partition coefficient (Wildman–Crippen LogP) is 0.916. The van der Waals surface area contributed by atoms with Crippen LogP contribution in [0.15, 0.2) is 0 Å². The van der Waals surface area contributed by atoms with Crippen molar-refractivity contribution in [1.82, 2.24) is 15.1 Å². The van der Waals surface area contributed by atoms with Gasteiger partial charge in [0.25, 0.3) is 0 Å². The molecule has 0 aromatic rings. The van der Waals surface area contributed by atoms with Crippen molar-refractivity contribution in [2.45, 2.75) is 45.4 Å². The van der Waals surface area contributed by atoms with Crippen LogP contribution in [0.25, 0.3) is 0 Å². The number of morpholine rings is 1. The van der Waals surface area contributed by atoms with Gasteiger partial charge in [-0.3, -0.25) is 4.90 Å². The zero-order chi connectivity index (χ0) is 15.5. The van der Waals surface area contributed by atoms with E-state index in [0.29, 0.717) is 12.6 Å². The molecule has 2 rings (SSSR count). The molecule has 0 radical (unpaired) electrons. The molecule has 0 aromatic heterocycles. The van der Waals surface area contributed by atoms with Crippen LogP contribution in [-0.4, -0.2) is 79.5 Å². The maximum atomic E-state index is 12.4. The number of ether oxygens (including phenoxy) is 2. The molecule has 0 saturated carbocycles. The van der Waals surface area contributed by atoms with E-state index in [9.17, 15) is 4.79 Å². The Morgan fingerprint density at radius 1 is 1.38 bits per heavy atom. The van der Waals surface area contributed by atoms with Crippen LogP contribution in [0.1, 0.15) is 27.7 Å². The smallest absolute Gasteiger partial charge is 0.410 e. The number of nitrogens with one attached hydrogen (secondary N) is 1. The summed E-state index contributed by atoms with van der Waals surface area (Å²) >= 11 is 0. The monoisotopic (exact) mass is 299 g/mol. The highest BCUT2D eigenvalue weighted by atomic mass is 16.6. The highest BCUT2D eigenvalue weighted by Gasteiger charge is 2.32. The largest absolute Gasteiger partial charge is 0.444 e. The normalized spacial score (nSPS) is 28.5. The van der Waals surface area contributed by atoms with E-state index in [1.165, 1.54) is 0 Å². The summed E-state index contributed by atoms with van der Waals surface area (Å²) in [5.41, 5.74) is -0.446. The Balaban J connectivity index is 1.96. The van der Waals surface area contributed by atoms with Crippen LogP contribution in [0.2, 0.25) is 0 Å². The zero-order valence-corrected chi connectivity index (χ0v) is 13.7. The fourth-order valence-corrected chi connectivity index (χ4v) is 2.79. The zero-order valence-electron chi connectivity index (χ0n) is 13.7. The van der Waals surface area contributed by atoms with E-state index < -0.39 is 5.60 Å². The number of carbonyl (C=O) groups excluding carboxylic acids is 1. The van der Waals surface area contributed by atoms with Gasteiger partial charge in [0.1, 0.15) is 5.60 Å². The van der Waals surface area contributed by atoms with Crippen LogP contribution in [-0.2, 0) is 9.47 Å². The van der Waals surface area contributed by atoms with E-state index in [-0.39, 0.29) is 12.1 Å². The van der Waals surface area contributed by atoms with Crippen molar-refractivity contribution in [2.75, 3.05) is 45.9 Å². The van der Waals surface area contributed by atoms with Crippen molar-refractivity contribution in [3.8, 4) is 0 Å². The second kappa shape index (κ2) is 6.94. The SMILES string of the molecule is C[C@@H]1COCCN1CC1CNCCN1C(=O)OC(C)(C)C. The lowest BCUT2D eigenvalue weighted by atomic mass is 10.1. The van der Waals surface area contributed by atoms with Crippen molar-refractivity contribution in [3.05, 3.63) is 0 Å². The lowest BCUT2D eigenvalue weighted by Gasteiger charge is -2.42. The van der Waals surface area contributed by atoms with Crippen LogP contribution < -0.4 is 5.32 Å². The number of rotatable bonds is 2. The summed E-state index contributed by atoms with van der Waals surface area (Å²) in [6.45, 7) is 13.6. The molecule has 122 valence electrons. The second-order valence-corrected chi connectivity index (χ2v) is 6.95. The molecular weight excluding hydrogens is 270 g/mol. The average molecular weight is 299 g/mol. The number of hydrogen-bond acceptors (Lipinski definition) is 5. The minimum atomic E-state index is -0.446. The minimum Gasteiger partial charge on any atom is -0.444 e. The van der Waals surface area contributed by atoms with Gasteiger partial charge >= 0.3 is 6.09 Å². The van der Waals surface area contributed by atoms with Gasteiger partial charge in [-0.25, -0.2) is 4.79 Å². The average Bonchev–Trinajstić information content (AvgIpc) is 2.40. The molecule has 1 unspecified atom stereocenters. The third-order valence-corrected chi connectivity index (χ3v) is 3.93. The van der Waals surface area contributed by atoms with Gasteiger partial charge in [0, 0.05) is 38.8 Å². The Kier molecular flexibility index (Phi) is 5.46. The van der Waals surface area contributed by atoms with Gasteiger partial charge in [0.2, 0.25) is 0 Å². The van der Waals surface area contributed by atoms with Gasteiger partial charge in [-0.1, -0.05) is 0 Å². The lowest BCUT2D eigenvalue weighted by Crippen LogP contribution is -2.60. The summed E-state index contributed by atoms with van der Waals surface area (Å²) < 4.78 is 11.0. The Morgan fingerprint density at radius 3 is 2.81 bits per heavy atom. The Labute approximate surface area is 127 Å². The Hall–Kier alpha value is -0.850. The van der Waals surface area contributed by atoms with Crippen LogP contribution in [0.4, 0.5) is 4.79 Å². The Morgan fingerprint density at radius 2 is 2.14 bits per heavy atom. The van der Waals surface area contributed by atoms with Gasteiger partial charge in [-0.2, -0.15) is 0 Å². The van der Waals surface area contributed by atoms with Crippen LogP contribution in [0, 0.1) is 0 Å². The topological polar surface area (TPSA) is 54.0 Å². The molecule has 1 amide bonds. The molecule has 2 atom stereocenters. The predicted molar refractivity (Wildman–Crippen MR) is 81.5 cm³/mol. The molecular formula is C15H29N3O3. The first-order valence-electron chi connectivity index (χ1n) is 7.89. The molecule has 0 spiro atoms. The number of amides is 1. The molecule has 6 heteroatoms. The van der Waals surface area contributed by atoms with E-state index >= 15 is 0 Å². The summed E-state index contributed by atoms with van der Waals surface area (Å²) in [6, 6.07) is 0.565. The molecule has 21 heavy (non-hydrogen) atoms. The molecule has 1 N–H and O–H groups in total. The molecule has 2 heterocycles. The molecule has 0 aliphatic carbocycles. The maximum Gasteiger partial charge on any atom is 0.410 e. The quantitative estimate of drug-likeness (QED) is 0.821. The van der Waals surface area contributed by atoms with Crippen molar-refractivity contribution in [3.63, 3.8) is 0 Å². The van der Waals surface area contributed by atoms with Crippen LogP contribution in [0.3, 0.4) is 0 Å². The van der Waals surface area contributed by atoms with Crippen LogP contribution >= 0.6 is 0 Å². The minimum absolute atomic E-state index is 0.161.